The maximum Gasteiger partial charge on any atom is 0.188 e. The number of nitrogens with one attached hydrogen (secondary N) is 1. The third kappa shape index (κ3) is 3.56. The number of tetrazole rings is 1. The van der Waals surface area contributed by atoms with Gasteiger partial charge < -0.3 is 10.4 Å². The van der Waals surface area contributed by atoms with Crippen LogP contribution >= 0.6 is 0 Å². The highest BCUT2D eigenvalue weighted by molar-refractivity contribution is 4.85. The first-order valence-corrected chi connectivity index (χ1v) is 5.18. The quantitative estimate of drug-likeness (QED) is 0.687. The topological polar surface area (TPSA) is 75.9 Å². The van der Waals surface area contributed by atoms with Gasteiger partial charge in [0.05, 0.1) is 13.6 Å². The summed E-state index contributed by atoms with van der Waals surface area (Å²) in [7, 11) is 1.74. The zero-order chi connectivity index (χ0) is 11.3. The molecule has 6 nitrogen and oxygen atoms in total. The van der Waals surface area contributed by atoms with Gasteiger partial charge in [0.15, 0.2) is 5.82 Å². The van der Waals surface area contributed by atoms with Gasteiger partial charge in [0.25, 0.3) is 0 Å². The predicted octanol–water partition coefficient (Wildman–Crippen LogP) is -0.149. The number of aromatic nitrogens is 4. The third-order valence-corrected chi connectivity index (χ3v) is 2.67. The molecular weight excluding hydrogens is 194 g/mol. The molecule has 0 fully saturated rings. The first kappa shape index (κ1) is 12.1. The van der Waals surface area contributed by atoms with Gasteiger partial charge in [-0.3, -0.25) is 0 Å². The summed E-state index contributed by atoms with van der Waals surface area (Å²) in [5, 5.41) is 24.0. The highest BCUT2D eigenvalue weighted by atomic mass is 16.3. The van der Waals surface area contributed by atoms with Crippen molar-refractivity contribution < 1.29 is 5.11 Å². The zero-order valence-corrected chi connectivity index (χ0v) is 9.56. The molecule has 0 spiro atoms. The minimum atomic E-state index is -0.0616. The first-order valence-electron chi connectivity index (χ1n) is 5.18. The Kier molecular flexibility index (Phi) is 4.16. The molecule has 1 aromatic rings. The van der Waals surface area contributed by atoms with Crippen molar-refractivity contribution in [2.75, 3.05) is 6.61 Å². The summed E-state index contributed by atoms with van der Waals surface area (Å²) in [6.45, 7) is 4.94. The highest BCUT2D eigenvalue weighted by Crippen LogP contribution is 2.13. The van der Waals surface area contributed by atoms with Crippen LogP contribution in [-0.2, 0) is 13.6 Å². The zero-order valence-electron chi connectivity index (χ0n) is 9.56. The molecule has 15 heavy (non-hydrogen) atoms. The van der Waals surface area contributed by atoms with Crippen LogP contribution in [0.25, 0.3) is 0 Å². The lowest BCUT2D eigenvalue weighted by atomic mass is 9.95. The Hall–Kier alpha value is -1.01. The molecule has 0 aliphatic carbocycles. The minimum Gasteiger partial charge on any atom is -0.396 e. The van der Waals surface area contributed by atoms with Crippen LogP contribution in [-0.4, -0.2) is 37.5 Å². The van der Waals surface area contributed by atoms with Crippen LogP contribution in [0.1, 0.15) is 32.5 Å². The van der Waals surface area contributed by atoms with Crippen LogP contribution in [0.15, 0.2) is 0 Å². The van der Waals surface area contributed by atoms with E-state index in [1.807, 2.05) is 0 Å². The monoisotopic (exact) mass is 213 g/mol. The maximum absolute atomic E-state index is 8.95. The van der Waals surface area contributed by atoms with E-state index >= 15 is 0 Å². The lowest BCUT2D eigenvalue weighted by Gasteiger charge is -2.28. The molecule has 0 aromatic carbocycles. The number of aryl methyl sites for hydroxylation is 1. The molecule has 2 N–H and O–H groups in total. The van der Waals surface area contributed by atoms with Crippen molar-refractivity contribution >= 4 is 0 Å². The molecule has 0 aliphatic rings. The van der Waals surface area contributed by atoms with Crippen molar-refractivity contribution in [3.8, 4) is 0 Å². The normalized spacial score (nSPS) is 15.2. The van der Waals surface area contributed by atoms with Crippen LogP contribution in [0.3, 0.4) is 0 Å². The van der Waals surface area contributed by atoms with Crippen molar-refractivity contribution in [1.29, 1.82) is 0 Å². The molecule has 1 unspecified atom stereocenters. The van der Waals surface area contributed by atoms with Crippen molar-refractivity contribution in [2.24, 2.45) is 7.05 Å². The van der Waals surface area contributed by atoms with Crippen LogP contribution in [0.5, 0.6) is 0 Å². The number of hydrogen-bond acceptors (Lipinski definition) is 5. The lowest BCUT2D eigenvalue weighted by molar-refractivity contribution is 0.213. The van der Waals surface area contributed by atoms with Crippen molar-refractivity contribution in [3.05, 3.63) is 5.82 Å². The molecule has 0 aliphatic heterocycles. The molecule has 0 saturated heterocycles. The number of hydrogen-bond donors (Lipinski definition) is 2. The molecule has 0 radical (unpaired) electrons. The fourth-order valence-electron chi connectivity index (χ4n) is 1.32. The summed E-state index contributed by atoms with van der Waals surface area (Å²) in [5.41, 5.74) is -0.0616. The van der Waals surface area contributed by atoms with Crippen molar-refractivity contribution in [2.45, 2.75) is 38.8 Å². The van der Waals surface area contributed by atoms with E-state index in [-0.39, 0.29) is 12.1 Å². The van der Waals surface area contributed by atoms with Gasteiger partial charge in [-0.1, -0.05) is 6.92 Å². The Morgan fingerprint density at radius 3 is 2.73 bits per heavy atom. The molecule has 0 saturated carbocycles. The van der Waals surface area contributed by atoms with Gasteiger partial charge >= 0.3 is 0 Å². The summed E-state index contributed by atoms with van der Waals surface area (Å²) in [6, 6.07) is 0. The maximum atomic E-state index is 8.95. The molecule has 6 heteroatoms. The number of rotatable bonds is 6. The molecule has 1 heterocycles. The summed E-state index contributed by atoms with van der Waals surface area (Å²) < 4.78 is 0. The van der Waals surface area contributed by atoms with Crippen LogP contribution < -0.4 is 5.32 Å². The molecule has 1 rings (SSSR count). The largest absolute Gasteiger partial charge is 0.396 e. The Balaban J connectivity index is 2.47. The Morgan fingerprint density at radius 2 is 2.27 bits per heavy atom. The van der Waals surface area contributed by atoms with Gasteiger partial charge in [-0.25, -0.2) is 0 Å². The third-order valence-electron chi connectivity index (χ3n) is 2.67. The summed E-state index contributed by atoms with van der Waals surface area (Å²) in [5.74, 6) is 0.676. The lowest BCUT2D eigenvalue weighted by Crippen LogP contribution is -2.42. The second-order valence-electron chi connectivity index (χ2n) is 3.94. The average molecular weight is 213 g/mol. The highest BCUT2D eigenvalue weighted by Gasteiger charge is 2.20. The van der Waals surface area contributed by atoms with E-state index in [9.17, 15) is 0 Å². The molecular formula is C9H19N5O. The van der Waals surface area contributed by atoms with E-state index in [4.69, 9.17) is 5.11 Å². The molecule has 0 bridgehead atoms. The number of aliphatic hydroxyl groups excluding tert-OH is 1. The minimum absolute atomic E-state index is 0.0616. The van der Waals surface area contributed by atoms with E-state index < -0.39 is 0 Å². The van der Waals surface area contributed by atoms with Gasteiger partial charge in [-0.05, 0) is 25.0 Å². The van der Waals surface area contributed by atoms with Gasteiger partial charge in [0, 0.05) is 12.1 Å². The SMILES string of the molecule is CCC(C)(CCO)NCc1nnn(C)n1. The molecule has 1 atom stereocenters. The number of nitrogens with zero attached hydrogens (tertiary/aromatic N) is 4. The van der Waals surface area contributed by atoms with E-state index in [2.05, 4.69) is 34.6 Å². The second-order valence-corrected chi connectivity index (χ2v) is 3.94. The Bertz CT molecular complexity index is 300. The van der Waals surface area contributed by atoms with Crippen LogP contribution in [0.2, 0.25) is 0 Å². The predicted molar refractivity (Wildman–Crippen MR) is 56.0 cm³/mol. The fourth-order valence-corrected chi connectivity index (χ4v) is 1.32. The Morgan fingerprint density at radius 1 is 1.53 bits per heavy atom. The standard InChI is InChI=1S/C9H19N5O/c1-4-9(2,5-6-15)10-7-8-11-13-14(3)12-8/h10,15H,4-7H2,1-3H3. The van der Waals surface area contributed by atoms with Crippen LogP contribution in [0.4, 0.5) is 0 Å². The van der Waals surface area contributed by atoms with Crippen molar-refractivity contribution in [1.82, 2.24) is 25.5 Å². The second kappa shape index (κ2) is 5.18. The first-order chi connectivity index (χ1) is 7.09. The van der Waals surface area contributed by atoms with Gasteiger partial charge in [-0.2, -0.15) is 4.80 Å². The van der Waals surface area contributed by atoms with E-state index in [0.717, 1.165) is 12.8 Å². The fraction of sp³-hybridized carbons (Fsp3) is 0.889. The molecule has 1 aromatic heterocycles. The van der Waals surface area contributed by atoms with E-state index in [0.29, 0.717) is 12.4 Å². The smallest absolute Gasteiger partial charge is 0.188 e. The summed E-state index contributed by atoms with van der Waals surface area (Å²) >= 11 is 0. The van der Waals surface area contributed by atoms with Gasteiger partial charge in [0.2, 0.25) is 0 Å². The summed E-state index contributed by atoms with van der Waals surface area (Å²) in [4.78, 5) is 1.44. The summed E-state index contributed by atoms with van der Waals surface area (Å²) in [6.07, 6.45) is 1.68. The Labute approximate surface area is 89.7 Å². The van der Waals surface area contributed by atoms with E-state index in [1.54, 1.807) is 7.05 Å². The molecule has 0 amide bonds. The van der Waals surface area contributed by atoms with Crippen LogP contribution in [0, 0.1) is 0 Å². The van der Waals surface area contributed by atoms with E-state index in [1.165, 1.54) is 4.80 Å². The number of aliphatic hydroxyl groups is 1. The molecule has 86 valence electrons. The van der Waals surface area contributed by atoms with Gasteiger partial charge in [0.1, 0.15) is 0 Å². The average Bonchev–Trinajstić information content (AvgIpc) is 2.62. The van der Waals surface area contributed by atoms with Crippen molar-refractivity contribution in [3.63, 3.8) is 0 Å². The van der Waals surface area contributed by atoms with Gasteiger partial charge in [-0.15, -0.1) is 10.2 Å².